The summed E-state index contributed by atoms with van der Waals surface area (Å²) in [6.07, 6.45) is -4.49. The number of carbonyl (C=O) groups is 1. The number of para-hydroxylation sites is 1. The van der Waals surface area contributed by atoms with Crippen molar-refractivity contribution in [2.75, 3.05) is 11.2 Å². The number of amides is 1. The van der Waals surface area contributed by atoms with Gasteiger partial charge in [-0.05, 0) is 12.1 Å². The monoisotopic (exact) mass is 237 g/mol. The molecule has 15 heavy (non-hydrogen) atoms. The number of anilines is 1. The summed E-state index contributed by atoms with van der Waals surface area (Å²) in [5.74, 6) is -1.06. The fraction of sp³-hybridized carbons (Fsp3) is 0.222. The highest BCUT2D eigenvalue weighted by molar-refractivity contribution is 6.29. The zero-order valence-electron chi connectivity index (χ0n) is 7.44. The van der Waals surface area contributed by atoms with Gasteiger partial charge in [-0.25, -0.2) is 0 Å². The van der Waals surface area contributed by atoms with E-state index in [0.29, 0.717) is 0 Å². The van der Waals surface area contributed by atoms with E-state index in [2.05, 4.69) is 5.32 Å². The summed E-state index contributed by atoms with van der Waals surface area (Å²) < 4.78 is 37.3. The largest absolute Gasteiger partial charge is 0.418 e. The molecule has 6 heteroatoms. The van der Waals surface area contributed by atoms with Crippen LogP contribution in [-0.4, -0.2) is 11.8 Å². The van der Waals surface area contributed by atoms with Gasteiger partial charge in [-0.3, -0.25) is 4.79 Å². The molecule has 1 aromatic rings. The summed E-state index contributed by atoms with van der Waals surface area (Å²) in [4.78, 5) is 10.8. The summed E-state index contributed by atoms with van der Waals surface area (Å²) in [6, 6.07) is 4.72. The van der Waals surface area contributed by atoms with Crippen molar-refractivity contribution >= 4 is 23.2 Å². The van der Waals surface area contributed by atoms with E-state index in [0.717, 1.165) is 6.07 Å². The Morgan fingerprint density at radius 1 is 1.33 bits per heavy atom. The molecule has 0 unspecified atom stereocenters. The number of halogens is 4. The minimum atomic E-state index is -4.49. The third-order valence-electron chi connectivity index (χ3n) is 1.63. The highest BCUT2D eigenvalue weighted by Crippen LogP contribution is 2.34. The first-order valence-electron chi connectivity index (χ1n) is 3.97. The molecule has 0 fully saturated rings. The van der Waals surface area contributed by atoms with E-state index in [9.17, 15) is 18.0 Å². The van der Waals surface area contributed by atoms with Gasteiger partial charge in [0.1, 0.15) is 5.88 Å². The number of carbonyl (C=O) groups excluding carboxylic acids is 1. The molecule has 0 aliphatic rings. The number of rotatable bonds is 2. The van der Waals surface area contributed by atoms with Crippen molar-refractivity contribution < 1.29 is 18.0 Å². The second-order valence-electron chi connectivity index (χ2n) is 2.73. The third kappa shape index (κ3) is 3.13. The van der Waals surface area contributed by atoms with Crippen LogP contribution in [0.5, 0.6) is 0 Å². The van der Waals surface area contributed by atoms with Crippen molar-refractivity contribution in [1.29, 1.82) is 0 Å². The van der Waals surface area contributed by atoms with E-state index in [-0.39, 0.29) is 11.6 Å². The zero-order valence-corrected chi connectivity index (χ0v) is 8.19. The Bertz CT molecular complexity index is 365. The van der Waals surface area contributed by atoms with Crippen LogP contribution in [-0.2, 0) is 11.0 Å². The van der Waals surface area contributed by atoms with E-state index in [1.807, 2.05) is 0 Å². The average Bonchev–Trinajstić information content (AvgIpc) is 2.17. The molecule has 1 N–H and O–H groups in total. The minimum Gasteiger partial charge on any atom is -0.324 e. The number of hydrogen-bond acceptors (Lipinski definition) is 1. The lowest BCUT2D eigenvalue weighted by atomic mass is 10.1. The molecule has 2 nitrogen and oxygen atoms in total. The molecule has 0 atom stereocenters. The fourth-order valence-corrected chi connectivity index (χ4v) is 1.09. The Kier molecular flexibility index (Phi) is 3.57. The van der Waals surface area contributed by atoms with Gasteiger partial charge in [-0.2, -0.15) is 13.2 Å². The third-order valence-corrected chi connectivity index (χ3v) is 1.87. The van der Waals surface area contributed by atoms with E-state index in [4.69, 9.17) is 11.6 Å². The lowest BCUT2D eigenvalue weighted by molar-refractivity contribution is -0.137. The Hall–Kier alpha value is -1.23. The minimum absolute atomic E-state index is 0.282. The van der Waals surface area contributed by atoms with Crippen molar-refractivity contribution in [1.82, 2.24) is 0 Å². The second kappa shape index (κ2) is 4.53. The molecular formula is C9H7ClF3NO. The van der Waals surface area contributed by atoms with Crippen LogP contribution in [0.4, 0.5) is 18.9 Å². The van der Waals surface area contributed by atoms with E-state index in [1.54, 1.807) is 0 Å². The van der Waals surface area contributed by atoms with Crippen molar-refractivity contribution in [2.24, 2.45) is 0 Å². The van der Waals surface area contributed by atoms with Crippen LogP contribution in [0.3, 0.4) is 0 Å². The molecule has 0 bridgehead atoms. The summed E-state index contributed by atoms with van der Waals surface area (Å²) in [5, 5.41) is 2.08. The summed E-state index contributed by atoms with van der Waals surface area (Å²) in [7, 11) is 0. The van der Waals surface area contributed by atoms with Gasteiger partial charge >= 0.3 is 6.18 Å². The molecule has 1 aromatic carbocycles. The van der Waals surface area contributed by atoms with Crippen LogP contribution in [0.2, 0.25) is 0 Å². The number of nitrogens with one attached hydrogen (secondary N) is 1. The van der Waals surface area contributed by atoms with Gasteiger partial charge in [0.15, 0.2) is 0 Å². The van der Waals surface area contributed by atoms with Crippen LogP contribution in [0, 0.1) is 0 Å². The first kappa shape index (κ1) is 11.8. The Morgan fingerprint density at radius 3 is 2.47 bits per heavy atom. The average molecular weight is 238 g/mol. The predicted molar refractivity (Wildman–Crippen MR) is 50.8 cm³/mol. The van der Waals surface area contributed by atoms with E-state index in [1.165, 1.54) is 18.2 Å². The number of alkyl halides is 4. The molecular weight excluding hydrogens is 231 g/mol. The topological polar surface area (TPSA) is 29.1 Å². The van der Waals surface area contributed by atoms with Crippen LogP contribution in [0.15, 0.2) is 24.3 Å². The van der Waals surface area contributed by atoms with Crippen LogP contribution < -0.4 is 5.32 Å². The van der Waals surface area contributed by atoms with Crippen LogP contribution in [0.25, 0.3) is 0 Å². The normalized spacial score (nSPS) is 11.2. The van der Waals surface area contributed by atoms with E-state index >= 15 is 0 Å². The first-order chi connectivity index (χ1) is 6.95. The number of benzene rings is 1. The molecule has 1 amide bonds. The Balaban J connectivity index is 3.02. The molecule has 0 aliphatic carbocycles. The maximum atomic E-state index is 12.4. The zero-order chi connectivity index (χ0) is 11.5. The smallest absolute Gasteiger partial charge is 0.324 e. The molecule has 0 aromatic heterocycles. The summed E-state index contributed by atoms with van der Waals surface area (Å²) >= 11 is 5.18. The van der Waals surface area contributed by atoms with E-state index < -0.39 is 17.6 Å². The lowest BCUT2D eigenvalue weighted by Crippen LogP contribution is -2.17. The maximum absolute atomic E-state index is 12.4. The predicted octanol–water partition coefficient (Wildman–Crippen LogP) is 2.88. The molecule has 82 valence electrons. The van der Waals surface area contributed by atoms with Gasteiger partial charge in [0, 0.05) is 0 Å². The second-order valence-corrected chi connectivity index (χ2v) is 2.99. The Morgan fingerprint density at radius 2 is 1.93 bits per heavy atom. The molecule has 0 saturated carbocycles. The molecule has 0 aliphatic heterocycles. The molecule has 0 spiro atoms. The van der Waals surface area contributed by atoms with Crippen molar-refractivity contribution in [2.45, 2.75) is 6.18 Å². The van der Waals surface area contributed by atoms with Crippen LogP contribution in [0.1, 0.15) is 5.56 Å². The maximum Gasteiger partial charge on any atom is 0.418 e. The molecule has 0 heterocycles. The number of hydrogen-bond donors (Lipinski definition) is 1. The highest BCUT2D eigenvalue weighted by Gasteiger charge is 2.33. The molecule has 0 saturated heterocycles. The van der Waals surface area contributed by atoms with Crippen LogP contribution >= 0.6 is 11.6 Å². The van der Waals surface area contributed by atoms with Gasteiger partial charge in [0.2, 0.25) is 5.91 Å². The van der Waals surface area contributed by atoms with Crippen molar-refractivity contribution in [3.8, 4) is 0 Å². The van der Waals surface area contributed by atoms with Crippen molar-refractivity contribution in [3.05, 3.63) is 29.8 Å². The summed E-state index contributed by atoms with van der Waals surface area (Å²) in [6.45, 7) is 0. The highest BCUT2D eigenvalue weighted by atomic mass is 35.5. The SMILES string of the molecule is O=C(CCl)Nc1ccccc1C(F)(F)F. The van der Waals surface area contributed by atoms with Gasteiger partial charge in [0.05, 0.1) is 11.3 Å². The van der Waals surface area contributed by atoms with Gasteiger partial charge < -0.3 is 5.32 Å². The quantitative estimate of drug-likeness (QED) is 0.788. The molecule has 1 rings (SSSR count). The van der Waals surface area contributed by atoms with Crippen molar-refractivity contribution in [3.63, 3.8) is 0 Å². The first-order valence-corrected chi connectivity index (χ1v) is 4.50. The van der Waals surface area contributed by atoms with Gasteiger partial charge in [0.25, 0.3) is 0 Å². The lowest BCUT2D eigenvalue weighted by Gasteiger charge is -2.12. The standard InChI is InChI=1S/C9H7ClF3NO/c10-5-8(15)14-7-4-2-1-3-6(7)9(11,12)13/h1-4H,5H2,(H,14,15). The van der Waals surface area contributed by atoms with Gasteiger partial charge in [-0.15, -0.1) is 11.6 Å². The van der Waals surface area contributed by atoms with Gasteiger partial charge in [-0.1, -0.05) is 12.1 Å². The Labute approximate surface area is 89.0 Å². The fourth-order valence-electron chi connectivity index (χ4n) is 1.02. The molecule has 0 radical (unpaired) electrons. The summed E-state index contributed by atoms with van der Waals surface area (Å²) in [5.41, 5.74) is -1.17.